The van der Waals surface area contributed by atoms with Gasteiger partial charge in [0.25, 0.3) is 0 Å². The van der Waals surface area contributed by atoms with E-state index in [1.165, 1.54) is 6.42 Å². The van der Waals surface area contributed by atoms with Gasteiger partial charge in [-0.3, -0.25) is 0 Å². The maximum Gasteiger partial charge on any atom is 0.137 e. The molecule has 110 valence electrons. The van der Waals surface area contributed by atoms with Crippen LogP contribution in [-0.4, -0.2) is 30.9 Å². The zero-order valence-corrected chi connectivity index (χ0v) is 12.3. The van der Waals surface area contributed by atoms with Crippen molar-refractivity contribution < 1.29 is 9.84 Å². The molecule has 0 aliphatic heterocycles. The third-order valence-electron chi connectivity index (χ3n) is 2.95. The Morgan fingerprint density at radius 2 is 2.10 bits per heavy atom. The van der Waals surface area contributed by atoms with Crippen LogP contribution in [0.4, 0.5) is 0 Å². The molecule has 1 unspecified atom stereocenters. The smallest absolute Gasteiger partial charge is 0.137 e. The van der Waals surface area contributed by atoms with Crippen LogP contribution in [0.3, 0.4) is 0 Å². The van der Waals surface area contributed by atoms with Gasteiger partial charge in [0, 0.05) is 6.54 Å². The Kier molecular flexibility index (Phi) is 7.71. The van der Waals surface area contributed by atoms with Crippen molar-refractivity contribution in [2.75, 3.05) is 19.7 Å². The topological polar surface area (TPSA) is 65.3 Å². The SMILES string of the molecule is CC(C)CCCNCC(O)COc1ccccc1C#N. The molecule has 0 saturated heterocycles. The molecule has 20 heavy (non-hydrogen) atoms. The highest BCUT2D eigenvalue weighted by atomic mass is 16.5. The third kappa shape index (κ3) is 6.55. The van der Waals surface area contributed by atoms with Crippen LogP contribution in [0.2, 0.25) is 0 Å². The Hall–Kier alpha value is -1.57. The summed E-state index contributed by atoms with van der Waals surface area (Å²) in [4.78, 5) is 0. The van der Waals surface area contributed by atoms with Gasteiger partial charge in [0.2, 0.25) is 0 Å². The molecule has 4 nitrogen and oxygen atoms in total. The highest BCUT2D eigenvalue weighted by Gasteiger charge is 2.07. The lowest BCUT2D eigenvalue weighted by molar-refractivity contribution is 0.106. The first-order valence-corrected chi connectivity index (χ1v) is 7.14. The van der Waals surface area contributed by atoms with E-state index in [1.54, 1.807) is 18.2 Å². The summed E-state index contributed by atoms with van der Waals surface area (Å²) in [5.41, 5.74) is 0.490. The first-order valence-electron chi connectivity index (χ1n) is 7.14. The van der Waals surface area contributed by atoms with Crippen LogP contribution in [0.5, 0.6) is 5.75 Å². The first-order chi connectivity index (χ1) is 9.63. The molecular formula is C16H24N2O2. The Balaban J connectivity index is 2.20. The van der Waals surface area contributed by atoms with Crippen molar-refractivity contribution in [3.63, 3.8) is 0 Å². The quantitative estimate of drug-likeness (QED) is 0.679. The van der Waals surface area contributed by atoms with Crippen molar-refractivity contribution in [1.82, 2.24) is 5.32 Å². The molecule has 0 aromatic heterocycles. The van der Waals surface area contributed by atoms with Crippen LogP contribution in [0, 0.1) is 17.2 Å². The Morgan fingerprint density at radius 3 is 2.80 bits per heavy atom. The Morgan fingerprint density at radius 1 is 1.35 bits per heavy atom. The molecule has 0 amide bonds. The van der Waals surface area contributed by atoms with Crippen molar-refractivity contribution in [2.24, 2.45) is 5.92 Å². The molecule has 4 heteroatoms. The third-order valence-corrected chi connectivity index (χ3v) is 2.95. The first kappa shape index (κ1) is 16.5. The van der Waals surface area contributed by atoms with E-state index in [9.17, 15) is 5.11 Å². The van der Waals surface area contributed by atoms with E-state index >= 15 is 0 Å². The summed E-state index contributed by atoms with van der Waals surface area (Å²) < 4.78 is 5.47. The summed E-state index contributed by atoms with van der Waals surface area (Å²) >= 11 is 0. The van der Waals surface area contributed by atoms with Crippen molar-refractivity contribution in [3.8, 4) is 11.8 Å². The number of aliphatic hydroxyl groups is 1. The van der Waals surface area contributed by atoms with Gasteiger partial charge in [-0.25, -0.2) is 0 Å². The van der Waals surface area contributed by atoms with Crippen molar-refractivity contribution >= 4 is 0 Å². The summed E-state index contributed by atoms with van der Waals surface area (Å²) in [7, 11) is 0. The number of para-hydroxylation sites is 1. The molecule has 1 aromatic rings. The van der Waals surface area contributed by atoms with Gasteiger partial charge in [-0.15, -0.1) is 0 Å². The predicted molar refractivity (Wildman–Crippen MR) is 79.6 cm³/mol. The van der Waals surface area contributed by atoms with Crippen LogP contribution < -0.4 is 10.1 Å². The number of nitrogens with zero attached hydrogens (tertiary/aromatic N) is 1. The summed E-state index contributed by atoms with van der Waals surface area (Å²) in [6.07, 6.45) is 1.73. The molecule has 0 bridgehead atoms. The number of rotatable bonds is 9. The van der Waals surface area contributed by atoms with Gasteiger partial charge >= 0.3 is 0 Å². The number of nitriles is 1. The lowest BCUT2D eigenvalue weighted by Crippen LogP contribution is -2.32. The number of benzene rings is 1. The summed E-state index contributed by atoms with van der Waals surface area (Å²) in [5, 5.41) is 21.9. The molecule has 0 aliphatic rings. The largest absolute Gasteiger partial charge is 0.489 e. The van der Waals surface area contributed by atoms with Gasteiger partial charge in [0.1, 0.15) is 24.5 Å². The number of aliphatic hydroxyl groups excluding tert-OH is 1. The number of hydrogen-bond acceptors (Lipinski definition) is 4. The molecule has 0 radical (unpaired) electrons. The van der Waals surface area contributed by atoms with Gasteiger partial charge in [0.05, 0.1) is 5.56 Å². The molecule has 0 spiro atoms. The minimum Gasteiger partial charge on any atom is -0.489 e. The van der Waals surface area contributed by atoms with Crippen molar-refractivity contribution in [2.45, 2.75) is 32.8 Å². The average molecular weight is 276 g/mol. The molecule has 0 fully saturated rings. The Bertz CT molecular complexity index is 427. The molecule has 0 heterocycles. The average Bonchev–Trinajstić information content (AvgIpc) is 2.44. The number of ether oxygens (including phenoxy) is 1. The molecule has 1 aromatic carbocycles. The lowest BCUT2D eigenvalue weighted by atomic mass is 10.1. The van der Waals surface area contributed by atoms with E-state index in [0.29, 0.717) is 23.8 Å². The second-order valence-corrected chi connectivity index (χ2v) is 5.31. The molecule has 1 rings (SSSR count). The van der Waals surface area contributed by atoms with E-state index in [1.807, 2.05) is 6.07 Å². The van der Waals surface area contributed by atoms with E-state index in [-0.39, 0.29) is 6.61 Å². The van der Waals surface area contributed by atoms with Crippen LogP contribution in [0.15, 0.2) is 24.3 Å². The Labute approximate surface area is 121 Å². The van der Waals surface area contributed by atoms with E-state index in [4.69, 9.17) is 10.00 Å². The second-order valence-electron chi connectivity index (χ2n) is 5.31. The standard InChI is InChI=1S/C16H24N2O2/c1-13(2)6-5-9-18-11-15(19)12-20-16-8-4-3-7-14(16)10-17/h3-4,7-8,13,15,18-19H,5-6,9,11-12H2,1-2H3. The maximum atomic E-state index is 9.81. The summed E-state index contributed by atoms with van der Waals surface area (Å²) in [5.74, 6) is 1.24. The fourth-order valence-electron chi connectivity index (χ4n) is 1.83. The van der Waals surface area contributed by atoms with Gasteiger partial charge in [0.15, 0.2) is 0 Å². The van der Waals surface area contributed by atoms with E-state index in [2.05, 4.69) is 25.2 Å². The van der Waals surface area contributed by atoms with Gasteiger partial charge < -0.3 is 15.2 Å². The number of nitrogens with one attached hydrogen (secondary N) is 1. The lowest BCUT2D eigenvalue weighted by Gasteiger charge is -2.14. The molecule has 1 atom stereocenters. The van der Waals surface area contributed by atoms with Crippen LogP contribution >= 0.6 is 0 Å². The van der Waals surface area contributed by atoms with E-state index < -0.39 is 6.10 Å². The fourth-order valence-corrected chi connectivity index (χ4v) is 1.83. The monoisotopic (exact) mass is 276 g/mol. The summed E-state index contributed by atoms with van der Waals surface area (Å²) in [6, 6.07) is 9.11. The summed E-state index contributed by atoms with van der Waals surface area (Å²) in [6.45, 7) is 6.01. The predicted octanol–water partition coefficient (Wildman–Crippen LogP) is 2.32. The van der Waals surface area contributed by atoms with Crippen molar-refractivity contribution in [3.05, 3.63) is 29.8 Å². The zero-order chi connectivity index (χ0) is 14.8. The number of hydrogen-bond donors (Lipinski definition) is 2. The molecular weight excluding hydrogens is 252 g/mol. The van der Waals surface area contributed by atoms with Gasteiger partial charge in [-0.1, -0.05) is 26.0 Å². The minimum atomic E-state index is -0.569. The molecule has 2 N–H and O–H groups in total. The van der Waals surface area contributed by atoms with Crippen molar-refractivity contribution in [1.29, 1.82) is 5.26 Å². The molecule has 0 saturated carbocycles. The van der Waals surface area contributed by atoms with Gasteiger partial charge in [-0.05, 0) is 37.4 Å². The van der Waals surface area contributed by atoms with Crippen LogP contribution in [0.25, 0.3) is 0 Å². The van der Waals surface area contributed by atoms with E-state index in [0.717, 1.165) is 13.0 Å². The normalized spacial score (nSPS) is 12.2. The van der Waals surface area contributed by atoms with Crippen LogP contribution in [0.1, 0.15) is 32.3 Å². The highest BCUT2D eigenvalue weighted by molar-refractivity contribution is 5.42. The fraction of sp³-hybridized carbons (Fsp3) is 0.562. The van der Waals surface area contributed by atoms with Gasteiger partial charge in [-0.2, -0.15) is 5.26 Å². The zero-order valence-electron chi connectivity index (χ0n) is 12.3. The second kappa shape index (κ2) is 9.35. The molecule has 0 aliphatic carbocycles. The minimum absolute atomic E-state index is 0.190. The van der Waals surface area contributed by atoms with Crippen LogP contribution in [-0.2, 0) is 0 Å². The highest BCUT2D eigenvalue weighted by Crippen LogP contribution is 2.16. The maximum absolute atomic E-state index is 9.81.